The SMILES string of the molecule is Cc1cccc(OCC(=O)Nc2nc(-c3ccc(S(C)(=O)=O)cc3)cs2)c1. The molecular formula is C19H18N2O4S2. The number of thiazole rings is 1. The van der Waals surface area contributed by atoms with Crippen molar-refractivity contribution in [3.8, 4) is 17.0 Å². The quantitative estimate of drug-likeness (QED) is 0.682. The number of amides is 1. The van der Waals surface area contributed by atoms with Crippen molar-refractivity contribution in [3.05, 3.63) is 59.5 Å². The maximum Gasteiger partial charge on any atom is 0.264 e. The summed E-state index contributed by atoms with van der Waals surface area (Å²) in [5.74, 6) is 0.334. The van der Waals surface area contributed by atoms with Crippen LogP contribution >= 0.6 is 11.3 Å². The van der Waals surface area contributed by atoms with Gasteiger partial charge in [0.15, 0.2) is 21.6 Å². The van der Waals surface area contributed by atoms with Gasteiger partial charge in [0.05, 0.1) is 10.6 Å². The van der Waals surface area contributed by atoms with Crippen LogP contribution in [0.2, 0.25) is 0 Å². The van der Waals surface area contributed by atoms with Crippen LogP contribution in [0.5, 0.6) is 5.75 Å². The Hall–Kier alpha value is -2.71. The average Bonchev–Trinajstić information content (AvgIpc) is 3.08. The van der Waals surface area contributed by atoms with Gasteiger partial charge in [0.25, 0.3) is 5.91 Å². The van der Waals surface area contributed by atoms with Crippen LogP contribution in [-0.4, -0.2) is 32.2 Å². The molecule has 0 saturated heterocycles. The molecule has 0 fully saturated rings. The highest BCUT2D eigenvalue weighted by atomic mass is 32.2. The van der Waals surface area contributed by atoms with Gasteiger partial charge in [0.1, 0.15) is 5.75 Å². The third kappa shape index (κ3) is 5.15. The monoisotopic (exact) mass is 402 g/mol. The number of hydrogen-bond donors (Lipinski definition) is 1. The van der Waals surface area contributed by atoms with Crippen LogP contribution < -0.4 is 10.1 Å². The fourth-order valence-corrected chi connectivity index (χ4v) is 3.71. The molecule has 1 aromatic heterocycles. The molecule has 0 aliphatic rings. The summed E-state index contributed by atoms with van der Waals surface area (Å²) in [4.78, 5) is 16.7. The van der Waals surface area contributed by atoms with E-state index in [0.29, 0.717) is 16.6 Å². The fourth-order valence-electron chi connectivity index (χ4n) is 2.35. The second-order valence-electron chi connectivity index (χ2n) is 5.99. The van der Waals surface area contributed by atoms with Gasteiger partial charge in [-0.3, -0.25) is 10.1 Å². The summed E-state index contributed by atoms with van der Waals surface area (Å²) in [6.07, 6.45) is 1.16. The van der Waals surface area contributed by atoms with Gasteiger partial charge in [-0.15, -0.1) is 11.3 Å². The van der Waals surface area contributed by atoms with Crippen LogP contribution in [0.25, 0.3) is 11.3 Å². The minimum absolute atomic E-state index is 0.110. The molecule has 140 valence electrons. The van der Waals surface area contributed by atoms with Gasteiger partial charge in [-0.2, -0.15) is 0 Å². The maximum atomic E-state index is 12.0. The number of rotatable bonds is 6. The van der Waals surface area contributed by atoms with Crippen molar-refractivity contribution in [2.45, 2.75) is 11.8 Å². The smallest absolute Gasteiger partial charge is 0.264 e. The van der Waals surface area contributed by atoms with Crippen LogP contribution in [0.1, 0.15) is 5.56 Å². The van der Waals surface area contributed by atoms with Crippen molar-refractivity contribution < 1.29 is 17.9 Å². The van der Waals surface area contributed by atoms with Gasteiger partial charge in [-0.1, -0.05) is 24.3 Å². The van der Waals surface area contributed by atoms with Gasteiger partial charge in [-0.25, -0.2) is 13.4 Å². The molecule has 0 aliphatic heterocycles. The molecule has 1 amide bonds. The first-order valence-corrected chi connectivity index (χ1v) is 10.8. The molecule has 27 heavy (non-hydrogen) atoms. The lowest BCUT2D eigenvalue weighted by Crippen LogP contribution is -2.20. The number of carbonyl (C=O) groups excluding carboxylic acids is 1. The Morgan fingerprint density at radius 1 is 1.19 bits per heavy atom. The molecule has 0 saturated carbocycles. The Labute approximate surface area is 161 Å². The number of ether oxygens (including phenoxy) is 1. The summed E-state index contributed by atoms with van der Waals surface area (Å²) in [5, 5.41) is 4.95. The highest BCUT2D eigenvalue weighted by Gasteiger charge is 2.11. The highest BCUT2D eigenvalue weighted by Crippen LogP contribution is 2.26. The zero-order chi connectivity index (χ0) is 19.4. The van der Waals surface area contributed by atoms with E-state index < -0.39 is 9.84 Å². The number of hydrogen-bond acceptors (Lipinski definition) is 6. The third-order valence-electron chi connectivity index (χ3n) is 3.69. The molecule has 0 unspecified atom stereocenters. The number of benzene rings is 2. The number of aryl methyl sites for hydroxylation is 1. The molecule has 1 heterocycles. The van der Waals surface area contributed by atoms with Crippen LogP contribution in [-0.2, 0) is 14.6 Å². The van der Waals surface area contributed by atoms with E-state index in [-0.39, 0.29) is 17.4 Å². The Morgan fingerprint density at radius 2 is 1.93 bits per heavy atom. The highest BCUT2D eigenvalue weighted by molar-refractivity contribution is 7.90. The second kappa shape index (κ2) is 7.89. The summed E-state index contributed by atoms with van der Waals surface area (Å²) < 4.78 is 28.5. The van der Waals surface area contributed by atoms with E-state index in [1.807, 2.05) is 25.1 Å². The van der Waals surface area contributed by atoms with Crippen molar-refractivity contribution in [1.82, 2.24) is 4.98 Å². The lowest BCUT2D eigenvalue weighted by molar-refractivity contribution is -0.118. The maximum absolute atomic E-state index is 12.0. The minimum atomic E-state index is -3.23. The predicted molar refractivity (Wildman–Crippen MR) is 106 cm³/mol. The zero-order valence-corrected chi connectivity index (χ0v) is 16.4. The zero-order valence-electron chi connectivity index (χ0n) is 14.8. The van der Waals surface area contributed by atoms with Crippen molar-refractivity contribution in [1.29, 1.82) is 0 Å². The van der Waals surface area contributed by atoms with E-state index in [0.717, 1.165) is 17.4 Å². The molecule has 6 nitrogen and oxygen atoms in total. The average molecular weight is 402 g/mol. The molecule has 3 aromatic rings. The second-order valence-corrected chi connectivity index (χ2v) is 8.86. The summed E-state index contributed by atoms with van der Waals surface area (Å²) in [6, 6.07) is 13.9. The molecule has 0 bridgehead atoms. The topological polar surface area (TPSA) is 85.4 Å². The van der Waals surface area contributed by atoms with Gasteiger partial charge in [-0.05, 0) is 36.8 Å². The van der Waals surface area contributed by atoms with Crippen LogP contribution in [0.4, 0.5) is 5.13 Å². The summed E-state index contributed by atoms with van der Waals surface area (Å²) >= 11 is 1.29. The van der Waals surface area contributed by atoms with Gasteiger partial charge in [0, 0.05) is 17.2 Å². The Balaban J connectivity index is 1.61. The van der Waals surface area contributed by atoms with E-state index in [1.54, 1.807) is 23.6 Å². The van der Waals surface area contributed by atoms with Crippen molar-refractivity contribution in [2.24, 2.45) is 0 Å². The van der Waals surface area contributed by atoms with Crippen molar-refractivity contribution in [3.63, 3.8) is 0 Å². The third-order valence-corrected chi connectivity index (χ3v) is 5.57. The summed E-state index contributed by atoms with van der Waals surface area (Å²) in [5.41, 5.74) is 2.49. The first-order valence-electron chi connectivity index (χ1n) is 8.06. The first-order chi connectivity index (χ1) is 12.8. The van der Waals surface area contributed by atoms with E-state index >= 15 is 0 Å². The van der Waals surface area contributed by atoms with Gasteiger partial charge < -0.3 is 4.74 Å². The van der Waals surface area contributed by atoms with Crippen LogP contribution in [0.15, 0.2) is 58.8 Å². The molecule has 3 rings (SSSR count). The molecule has 0 spiro atoms. The minimum Gasteiger partial charge on any atom is -0.484 e. The summed E-state index contributed by atoms with van der Waals surface area (Å²) in [6.45, 7) is 1.84. The van der Waals surface area contributed by atoms with E-state index in [9.17, 15) is 13.2 Å². The summed E-state index contributed by atoms with van der Waals surface area (Å²) in [7, 11) is -3.23. The number of nitrogens with zero attached hydrogens (tertiary/aromatic N) is 1. The Kier molecular flexibility index (Phi) is 5.57. The number of nitrogens with one attached hydrogen (secondary N) is 1. The molecule has 0 aliphatic carbocycles. The largest absolute Gasteiger partial charge is 0.484 e. The molecule has 1 N–H and O–H groups in total. The van der Waals surface area contributed by atoms with Crippen LogP contribution in [0.3, 0.4) is 0 Å². The fraction of sp³-hybridized carbons (Fsp3) is 0.158. The van der Waals surface area contributed by atoms with Crippen molar-refractivity contribution >= 4 is 32.2 Å². The van der Waals surface area contributed by atoms with Gasteiger partial charge >= 0.3 is 0 Å². The molecule has 8 heteroatoms. The van der Waals surface area contributed by atoms with E-state index in [4.69, 9.17) is 4.74 Å². The molecule has 0 radical (unpaired) electrons. The molecule has 2 aromatic carbocycles. The van der Waals surface area contributed by atoms with E-state index in [1.165, 1.54) is 23.5 Å². The molecule has 0 atom stereocenters. The Bertz CT molecular complexity index is 1060. The van der Waals surface area contributed by atoms with E-state index in [2.05, 4.69) is 10.3 Å². The number of carbonyl (C=O) groups is 1. The molecular weight excluding hydrogens is 384 g/mol. The number of sulfone groups is 1. The lowest BCUT2D eigenvalue weighted by atomic mass is 10.2. The lowest BCUT2D eigenvalue weighted by Gasteiger charge is -2.06. The first kappa shape index (κ1) is 19.1. The normalized spacial score (nSPS) is 11.2. The predicted octanol–water partition coefficient (Wildman–Crippen LogP) is 3.54. The van der Waals surface area contributed by atoms with Gasteiger partial charge in [0.2, 0.25) is 0 Å². The Morgan fingerprint density at radius 3 is 2.59 bits per heavy atom. The van der Waals surface area contributed by atoms with Crippen molar-refractivity contribution in [2.75, 3.05) is 18.2 Å². The number of anilines is 1. The number of aromatic nitrogens is 1. The van der Waals surface area contributed by atoms with Crippen LogP contribution in [0, 0.1) is 6.92 Å². The standard InChI is InChI=1S/C19H18N2O4S2/c1-13-4-3-5-15(10-13)25-11-18(22)21-19-20-17(12-26-19)14-6-8-16(9-7-14)27(2,23)24/h3-10,12H,11H2,1-2H3,(H,20,21,22).